The second-order valence-corrected chi connectivity index (χ2v) is 2.87. The fourth-order valence-electron chi connectivity index (χ4n) is 1.07. The number of furan rings is 1. The first kappa shape index (κ1) is 8.61. The monoisotopic (exact) mass is 193 g/mol. The molecule has 0 spiro atoms. The van der Waals surface area contributed by atoms with Gasteiger partial charge in [-0.25, -0.2) is 0 Å². The third-order valence-electron chi connectivity index (χ3n) is 1.91. The van der Waals surface area contributed by atoms with Gasteiger partial charge in [0.2, 0.25) is 11.9 Å². The molecule has 0 amide bonds. The molecule has 0 atom stereocenters. The lowest BCUT2D eigenvalue weighted by Gasteiger charge is -2.02. The summed E-state index contributed by atoms with van der Waals surface area (Å²) in [7, 11) is 1.79. The standard InChI is InChI=1S/C8H11N5O/c1-13-7(9)11-12-8(13)10-5-6-3-2-4-14-6/h2-4H,5H2,1H3,(H2,9,11)(H,10,12). The van der Waals surface area contributed by atoms with Crippen molar-refractivity contribution >= 4 is 11.9 Å². The van der Waals surface area contributed by atoms with Gasteiger partial charge >= 0.3 is 0 Å². The maximum Gasteiger partial charge on any atom is 0.226 e. The van der Waals surface area contributed by atoms with Gasteiger partial charge in [-0.3, -0.25) is 4.57 Å². The van der Waals surface area contributed by atoms with Crippen LogP contribution >= 0.6 is 0 Å². The minimum absolute atomic E-state index is 0.381. The Morgan fingerprint density at radius 3 is 3.00 bits per heavy atom. The van der Waals surface area contributed by atoms with Crippen molar-refractivity contribution in [2.24, 2.45) is 7.05 Å². The number of hydrogen-bond acceptors (Lipinski definition) is 5. The van der Waals surface area contributed by atoms with E-state index in [1.54, 1.807) is 17.9 Å². The molecule has 0 aromatic carbocycles. The van der Waals surface area contributed by atoms with Crippen LogP contribution in [0, 0.1) is 0 Å². The van der Waals surface area contributed by atoms with Gasteiger partial charge in [-0.05, 0) is 12.1 Å². The van der Waals surface area contributed by atoms with Crippen molar-refractivity contribution < 1.29 is 4.42 Å². The van der Waals surface area contributed by atoms with Crippen LogP contribution in [0.3, 0.4) is 0 Å². The SMILES string of the molecule is Cn1c(N)nnc1NCc1ccco1. The Morgan fingerprint density at radius 1 is 1.57 bits per heavy atom. The van der Waals surface area contributed by atoms with E-state index in [1.807, 2.05) is 12.1 Å². The predicted molar refractivity (Wildman–Crippen MR) is 51.5 cm³/mol. The smallest absolute Gasteiger partial charge is 0.226 e. The molecule has 2 rings (SSSR count). The Bertz CT molecular complexity index is 405. The molecule has 6 nitrogen and oxygen atoms in total. The highest BCUT2D eigenvalue weighted by atomic mass is 16.3. The predicted octanol–water partition coefficient (Wildman–Crippen LogP) is 0.602. The fraction of sp³-hybridized carbons (Fsp3) is 0.250. The summed E-state index contributed by atoms with van der Waals surface area (Å²) in [5.74, 6) is 1.84. The van der Waals surface area contributed by atoms with Gasteiger partial charge in [-0.15, -0.1) is 10.2 Å². The highest BCUT2D eigenvalue weighted by Crippen LogP contribution is 2.08. The zero-order chi connectivity index (χ0) is 9.97. The van der Waals surface area contributed by atoms with Crippen LogP contribution in [0.25, 0.3) is 0 Å². The van der Waals surface area contributed by atoms with E-state index in [-0.39, 0.29) is 0 Å². The van der Waals surface area contributed by atoms with Gasteiger partial charge in [-0.2, -0.15) is 0 Å². The van der Waals surface area contributed by atoms with Crippen molar-refractivity contribution in [1.29, 1.82) is 0 Å². The van der Waals surface area contributed by atoms with Crippen LogP contribution in [0.5, 0.6) is 0 Å². The molecule has 2 aromatic heterocycles. The summed E-state index contributed by atoms with van der Waals surface area (Å²) in [5, 5.41) is 10.6. The highest BCUT2D eigenvalue weighted by molar-refractivity contribution is 5.33. The zero-order valence-corrected chi connectivity index (χ0v) is 7.77. The van der Waals surface area contributed by atoms with E-state index in [4.69, 9.17) is 10.2 Å². The third-order valence-corrected chi connectivity index (χ3v) is 1.91. The molecule has 14 heavy (non-hydrogen) atoms. The largest absolute Gasteiger partial charge is 0.467 e. The summed E-state index contributed by atoms with van der Waals surface area (Å²) in [4.78, 5) is 0. The molecule has 0 radical (unpaired) electrons. The van der Waals surface area contributed by atoms with Gasteiger partial charge in [0.25, 0.3) is 0 Å². The number of aromatic nitrogens is 3. The Balaban J connectivity index is 2.02. The summed E-state index contributed by atoms with van der Waals surface area (Å²) >= 11 is 0. The molecule has 0 saturated carbocycles. The van der Waals surface area contributed by atoms with Crippen molar-refractivity contribution in [3.63, 3.8) is 0 Å². The average molecular weight is 193 g/mol. The number of nitrogens with zero attached hydrogens (tertiary/aromatic N) is 3. The van der Waals surface area contributed by atoms with Crippen LogP contribution in [0.15, 0.2) is 22.8 Å². The van der Waals surface area contributed by atoms with Crippen molar-refractivity contribution in [1.82, 2.24) is 14.8 Å². The van der Waals surface area contributed by atoms with Gasteiger partial charge in [0.1, 0.15) is 5.76 Å². The van der Waals surface area contributed by atoms with E-state index in [0.29, 0.717) is 18.4 Å². The second-order valence-electron chi connectivity index (χ2n) is 2.87. The summed E-state index contributed by atoms with van der Waals surface area (Å²) in [6.07, 6.45) is 1.63. The first-order valence-electron chi connectivity index (χ1n) is 4.18. The fourth-order valence-corrected chi connectivity index (χ4v) is 1.07. The van der Waals surface area contributed by atoms with E-state index >= 15 is 0 Å². The van der Waals surface area contributed by atoms with Gasteiger partial charge in [0.15, 0.2) is 0 Å². The molecule has 0 saturated heterocycles. The Hall–Kier alpha value is -1.98. The lowest BCUT2D eigenvalue weighted by molar-refractivity contribution is 0.517. The van der Waals surface area contributed by atoms with E-state index in [9.17, 15) is 0 Å². The number of nitrogens with two attached hydrogens (primary N) is 1. The maximum atomic E-state index is 5.52. The molecule has 0 bridgehead atoms. The summed E-state index contributed by atoms with van der Waals surface area (Å²) in [6, 6.07) is 3.72. The summed E-state index contributed by atoms with van der Waals surface area (Å²) < 4.78 is 6.82. The molecule has 3 N–H and O–H groups in total. The number of rotatable bonds is 3. The number of nitrogen functional groups attached to an aromatic ring is 1. The molecule has 2 aromatic rings. The Kier molecular flexibility index (Phi) is 2.10. The molecular weight excluding hydrogens is 182 g/mol. The molecule has 0 aliphatic carbocycles. The molecule has 0 fully saturated rings. The summed E-state index contributed by atoms with van der Waals surface area (Å²) in [5.41, 5.74) is 5.52. The molecule has 74 valence electrons. The zero-order valence-electron chi connectivity index (χ0n) is 7.77. The number of hydrogen-bond donors (Lipinski definition) is 2. The van der Waals surface area contributed by atoms with E-state index < -0.39 is 0 Å². The quantitative estimate of drug-likeness (QED) is 0.746. The van der Waals surface area contributed by atoms with Crippen LogP contribution in [0.1, 0.15) is 5.76 Å². The lowest BCUT2D eigenvalue weighted by atomic mass is 10.4. The number of anilines is 2. The molecule has 0 aliphatic heterocycles. The van der Waals surface area contributed by atoms with Crippen LogP contribution in [-0.4, -0.2) is 14.8 Å². The van der Waals surface area contributed by atoms with Crippen molar-refractivity contribution in [3.05, 3.63) is 24.2 Å². The first-order valence-corrected chi connectivity index (χ1v) is 4.18. The average Bonchev–Trinajstić information content (AvgIpc) is 2.77. The van der Waals surface area contributed by atoms with Crippen LogP contribution in [-0.2, 0) is 13.6 Å². The molecule has 6 heteroatoms. The lowest BCUT2D eigenvalue weighted by Crippen LogP contribution is -2.05. The Morgan fingerprint density at radius 2 is 2.43 bits per heavy atom. The van der Waals surface area contributed by atoms with Crippen molar-refractivity contribution in [2.45, 2.75) is 6.54 Å². The third kappa shape index (κ3) is 1.54. The van der Waals surface area contributed by atoms with Gasteiger partial charge in [0.05, 0.1) is 12.8 Å². The van der Waals surface area contributed by atoms with Gasteiger partial charge in [-0.1, -0.05) is 0 Å². The molecule has 2 heterocycles. The van der Waals surface area contributed by atoms with Crippen LogP contribution in [0.4, 0.5) is 11.9 Å². The summed E-state index contributed by atoms with van der Waals surface area (Å²) in [6.45, 7) is 0.568. The molecule has 0 aliphatic rings. The second kappa shape index (κ2) is 3.41. The van der Waals surface area contributed by atoms with E-state index in [1.165, 1.54) is 0 Å². The van der Waals surface area contributed by atoms with E-state index in [2.05, 4.69) is 15.5 Å². The van der Waals surface area contributed by atoms with Crippen LogP contribution < -0.4 is 11.1 Å². The van der Waals surface area contributed by atoms with E-state index in [0.717, 1.165) is 5.76 Å². The van der Waals surface area contributed by atoms with Gasteiger partial charge in [0, 0.05) is 7.05 Å². The minimum atomic E-state index is 0.381. The molecular formula is C8H11N5O. The topological polar surface area (TPSA) is 81.9 Å². The first-order chi connectivity index (χ1) is 6.77. The van der Waals surface area contributed by atoms with Crippen molar-refractivity contribution in [3.8, 4) is 0 Å². The van der Waals surface area contributed by atoms with Crippen LogP contribution in [0.2, 0.25) is 0 Å². The molecule has 0 unspecified atom stereocenters. The minimum Gasteiger partial charge on any atom is -0.467 e. The Labute approximate surface area is 80.7 Å². The normalized spacial score (nSPS) is 10.4. The van der Waals surface area contributed by atoms with Crippen molar-refractivity contribution in [2.75, 3.05) is 11.1 Å². The highest BCUT2D eigenvalue weighted by Gasteiger charge is 2.04. The van der Waals surface area contributed by atoms with Gasteiger partial charge < -0.3 is 15.5 Å². The number of nitrogens with one attached hydrogen (secondary N) is 1. The maximum absolute atomic E-state index is 5.52.